The molecule has 1 aromatic carbocycles. The van der Waals surface area contributed by atoms with E-state index in [1.165, 1.54) is 0 Å². The summed E-state index contributed by atoms with van der Waals surface area (Å²) >= 11 is 0. The maximum Gasteiger partial charge on any atom is 0.344 e. The van der Waals surface area contributed by atoms with Crippen LogP contribution in [0, 0.1) is 0 Å². The minimum Gasteiger partial charge on any atom is -0.482 e. The van der Waals surface area contributed by atoms with E-state index in [9.17, 15) is 4.79 Å². The van der Waals surface area contributed by atoms with Crippen molar-refractivity contribution in [1.29, 1.82) is 0 Å². The second kappa shape index (κ2) is 6.58. The number of rotatable bonds is 6. The smallest absolute Gasteiger partial charge is 0.344 e. The summed E-state index contributed by atoms with van der Waals surface area (Å²) in [5.41, 5.74) is 2.20. The number of aromatic amines is 1. The summed E-state index contributed by atoms with van der Waals surface area (Å²) in [6.45, 7) is 2.07. The molecule has 1 N–H and O–H groups in total. The Labute approximate surface area is 111 Å². The number of carbonyl (C=O) groups is 1. The Hall–Kier alpha value is -2.30. The molecule has 0 spiro atoms. The van der Waals surface area contributed by atoms with E-state index >= 15 is 0 Å². The van der Waals surface area contributed by atoms with Gasteiger partial charge in [0.05, 0.1) is 6.61 Å². The molecule has 100 valence electrons. The van der Waals surface area contributed by atoms with Gasteiger partial charge in [0.15, 0.2) is 6.61 Å². The third-order valence-corrected chi connectivity index (χ3v) is 2.54. The molecular formula is C14H16N2O3. The molecule has 2 rings (SSSR count). The van der Waals surface area contributed by atoms with Crippen LogP contribution in [0.25, 0.3) is 0 Å². The normalized spacial score (nSPS) is 10.2. The van der Waals surface area contributed by atoms with Gasteiger partial charge in [-0.05, 0) is 30.7 Å². The molecule has 0 fully saturated rings. The van der Waals surface area contributed by atoms with Crippen LogP contribution in [0.5, 0.6) is 5.75 Å². The molecule has 1 heterocycles. The summed E-state index contributed by atoms with van der Waals surface area (Å²) in [4.78, 5) is 11.1. The van der Waals surface area contributed by atoms with E-state index < -0.39 is 0 Å². The highest BCUT2D eigenvalue weighted by atomic mass is 16.6. The molecule has 0 unspecified atom stereocenters. The van der Waals surface area contributed by atoms with Gasteiger partial charge in [-0.25, -0.2) is 4.79 Å². The number of carbonyl (C=O) groups excluding carboxylic acids is 1. The zero-order chi connectivity index (χ0) is 13.5. The van der Waals surface area contributed by atoms with Gasteiger partial charge in [-0.15, -0.1) is 0 Å². The largest absolute Gasteiger partial charge is 0.482 e. The first-order valence-electron chi connectivity index (χ1n) is 6.13. The van der Waals surface area contributed by atoms with Crippen molar-refractivity contribution in [1.82, 2.24) is 10.2 Å². The summed E-state index contributed by atoms with van der Waals surface area (Å²) in [5.74, 6) is 0.297. The number of H-pyrrole nitrogens is 1. The van der Waals surface area contributed by atoms with Crippen LogP contribution in [0.3, 0.4) is 0 Å². The summed E-state index contributed by atoms with van der Waals surface area (Å²) < 4.78 is 10.1. The fourth-order valence-corrected chi connectivity index (χ4v) is 1.65. The average Bonchev–Trinajstić information content (AvgIpc) is 2.91. The molecule has 0 bridgehead atoms. The predicted octanol–water partition coefficient (Wildman–Crippen LogP) is 1.94. The second-order valence-corrected chi connectivity index (χ2v) is 4.00. The van der Waals surface area contributed by atoms with Crippen molar-refractivity contribution in [3.63, 3.8) is 0 Å². The highest BCUT2D eigenvalue weighted by Gasteiger charge is 2.03. The van der Waals surface area contributed by atoms with Crippen LogP contribution < -0.4 is 4.74 Å². The first-order valence-corrected chi connectivity index (χ1v) is 6.13. The molecule has 19 heavy (non-hydrogen) atoms. The van der Waals surface area contributed by atoms with Gasteiger partial charge in [-0.3, -0.25) is 5.10 Å². The molecule has 0 radical (unpaired) electrons. The van der Waals surface area contributed by atoms with Crippen LogP contribution in [-0.4, -0.2) is 29.4 Å². The number of esters is 1. The highest BCUT2D eigenvalue weighted by molar-refractivity contribution is 5.71. The standard InChI is InChI=1S/C14H16N2O3/c1-2-18-14(17)10-19-13-5-3-11(4-6-13)9-12-7-8-15-16-12/h3-8H,2,9-10H2,1H3,(H,15,16). The van der Waals surface area contributed by atoms with E-state index in [0.29, 0.717) is 12.4 Å². The first-order chi connectivity index (χ1) is 9.28. The van der Waals surface area contributed by atoms with Crippen molar-refractivity contribution < 1.29 is 14.3 Å². The lowest BCUT2D eigenvalue weighted by Gasteiger charge is -2.06. The fourth-order valence-electron chi connectivity index (χ4n) is 1.65. The van der Waals surface area contributed by atoms with E-state index in [1.807, 2.05) is 30.3 Å². The lowest BCUT2D eigenvalue weighted by atomic mass is 10.1. The van der Waals surface area contributed by atoms with E-state index in [-0.39, 0.29) is 12.6 Å². The molecule has 0 aliphatic carbocycles. The molecule has 5 heteroatoms. The van der Waals surface area contributed by atoms with Crippen molar-refractivity contribution >= 4 is 5.97 Å². The number of aromatic nitrogens is 2. The van der Waals surface area contributed by atoms with E-state index in [2.05, 4.69) is 10.2 Å². The van der Waals surface area contributed by atoms with Gasteiger partial charge in [0.1, 0.15) is 5.75 Å². The maximum atomic E-state index is 11.1. The number of hydrogen-bond acceptors (Lipinski definition) is 4. The van der Waals surface area contributed by atoms with E-state index in [1.54, 1.807) is 13.1 Å². The van der Waals surface area contributed by atoms with E-state index in [4.69, 9.17) is 9.47 Å². The number of nitrogens with one attached hydrogen (secondary N) is 1. The molecule has 0 atom stereocenters. The molecule has 0 saturated heterocycles. The van der Waals surface area contributed by atoms with Crippen LogP contribution in [0.4, 0.5) is 0 Å². The zero-order valence-electron chi connectivity index (χ0n) is 10.8. The van der Waals surface area contributed by atoms with Crippen molar-refractivity contribution in [3.8, 4) is 5.75 Å². The SMILES string of the molecule is CCOC(=O)COc1ccc(Cc2ccn[nH]2)cc1. The van der Waals surface area contributed by atoms with Crippen LogP contribution in [0.1, 0.15) is 18.2 Å². The van der Waals surface area contributed by atoms with Gasteiger partial charge in [0.2, 0.25) is 0 Å². The first kappa shape index (κ1) is 13.1. The Balaban J connectivity index is 1.86. The molecular weight excluding hydrogens is 244 g/mol. The van der Waals surface area contributed by atoms with Crippen LogP contribution in [-0.2, 0) is 16.0 Å². The molecule has 5 nitrogen and oxygen atoms in total. The third-order valence-electron chi connectivity index (χ3n) is 2.54. The minimum absolute atomic E-state index is 0.0618. The average molecular weight is 260 g/mol. The summed E-state index contributed by atoms with van der Waals surface area (Å²) in [5, 5.41) is 6.81. The molecule has 0 aliphatic rings. The van der Waals surface area contributed by atoms with Gasteiger partial charge >= 0.3 is 5.97 Å². The fraction of sp³-hybridized carbons (Fsp3) is 0.286. The Bertz CT molecular complexity index is 506. The van der Waals surface area contributed by atoms with Crippen molar-refractivity contribution in [2.24, 2.45) is 0 Å². The lowest BCUT2D eigenvalue weighted by molar-refractivity contribution is -0.145. The number of hydrogen-bond donors (Lipinski definition) is 1. The molecule has 2 aromatic rings. The second-order valence-electron chi connectivity index (χ2n) is 4.00. The third kappa shape index (κ3) is 4.13. The minimum atomic E-state index is -0.357. The summed E-state index contributed by atoms with van der Waals surface area (Å²) in [6.07, 6.45) is 2.52. The molecule has 1 aromatic heterocycles. The molecule has 0 saturated carbocycles. The van der Waals surface area contributed by atoms with Gasteiger partial charge in [-0.2, -0.15) is 5.10 Å². The van der Waals surface area contributed by atoms with Gasteiger partial charge < -0.3 is 9.47 Å². The Morgan fingerprint density at radius 3 is 2.68 bits per heavy atom. The lowest BCUT2D eigenvalue weighted by Crippen LogP contribution is -2.14. The Kier molecular flexibility index (Phi) is 4.55. The number of ether oxygens (including phenoxy) is 2. The van der Waals surface area contributed by atoms with Crippen molar-refractivity contribution in [3.05, 3.63) is 47.8 Å². The van der Waals surface area contributed by atoms with E-state index in [0.717, 1.165) is 17.7 Å². The Morgan fingerprint density at radius 2 is 2.05 bits per heavy atom. The molecule has 0 aliphatic heterocycles. The van der Waals surface area contributed by atoms with Gasteiger partial charge in [0, 0.05) is 18.3 Å². The predicted molar refractivity (Wildman–Crippen MR) is 70.0 cm³/mol. The monoisotopic (exact) mass is 260 g/mol. The number of nitrogens with zero attached hydrogens (tertiary/aromatic N) is 1. The summed E-state index contributed by atoms with van der Waals surface area (Å²) in [7, 11) is 0. The maximum absolute atomic E-state index is 11.1. The zero-order valence-corrected chi connectivity index (χ0v) is 10.8. The Morgan fingerprint density at radius 1 is 1.26 bits per heavy atom. The molecule has 0 amide bonds. The topological polar surface area (TPSA) is 64.2 Å². The van der Waals surface area contributed by atoms with Crippen LogP contribution >= 0.6 is 0 Å². The van der Waals surface area contributed by atoms with Gasteiger partial charge in [-0.1, -0.05) is 12.1 Å². The quantitative estimate of drug-likeness (QED) is 0.806. The summed E-state index contributed by atoms with van der Waals surface area (Å²) in [6, 6.07) is 9.53. The van der Waals surface area contributed by atoms with Crippen LogP contribution in [0.15, 0.2) is 36.5 Å². The number of benzene rings is 1. The van der Waals surface area contributed by atoms with Gasteiger partial charge in [0.25, 0.3) is 0 Å². The highest BCUT2D eigenvalue weighted by Crippen LogP contribution is 2.14. The van der Waals surface area contributed by atoms with Crippen molar-refractivity contribution in [2.75, 3.05) is 13.2 Å². The van der Waals surface area contributed by atoms with Crippen LogP contribution in [0.2, 0.25) is 0 Å². The van der Waals surface area contributed by atoms with Crippen molar-refractivity contribution in [2.45, 2.75) is 13.3 Å².